The number of urea groups is 1. The van der Waals surface area contributed by atoms with Crippen LogP contribution in [0.2, 0.25) is 0 Å². The maximum Gasteiger partial charge on any atom is 0.323 e. The van der Waals surface area contributed by atoms with Gasteiger partial charge in [-0.05, 0) is 61.7 Å². The fourth-order valence-electron chi connectivity index (χ4n) is 5.04. The van der Waals surface area contributed by atoms with Crippen molar-refractivity contribution in [3.8, 4) is 5.75 Å². The molecule has 5 rings (SSSR count). The third kappa shape index (κ3) is 6.21. The van der Waals surface area contributed by atoms with E-state index in [-0.39, 0.29) is 43.1 Å². The summed E-state index contributed by atoms with van der Waals surface area (Å²) in [6.07, 6.45) is 0.924. The van der Waals surface area contributed by atoms with Crippen molar-refractivity contribution in [2.24, 2.45) is 0 Å². The van der Waals surface area contributed by atoms with Crippen LogP contribution in [0.1, 0.15) is 35.2 Å². The summed E-state index contributed by atoms with van der Waals surface area (Å²) in [5.74, 6) is 0.0964. The lowest BCUT2D eigenvalue weighted by Gasteiger charge is -2.42. The Balaban J connectivity index is 1.23. The average molecular weight is 529 g/mol. The van der Waals surface area contributed by atoms with E-state index >= 15 is 0 Å². The number of likely N-dealkylation sites (N-methyl/N-ethyl adjacent to an activating group) is 1. The highest BCUT2D eigenvalue weighted by molar-refractivity contribution is 6.02. The molecule has 3 N–H and O–H groups in total. The fourth-order valence-corrected chi connectivity index (χ4v) is 5.04. The summed E-state index contributed by atoms with van der Waals surface area (Å²) in [6, 6.07) is 21.1. The lowest BCUT2D eigenvalue weighted by Crippen LogP contribution is -2.53. The quantitative estimate of drug-likeness (QED) is 0.430. The third-order valence-electron chi connectivity index (χ3n) is 7.13. The van der Waals surface area contributed by atoms with E-state index in [1.807, 2.05) is 49.4 Å². The molecule has 0 aromatic heterocycles. The largest absolute Gasteiger partial charge is 0.490 e. The van der Waals surface area contributed by atoms with Crippen LogP contribution in [0.15, 0.2) is 72.8 Å². The molecule has 202 valence electrons. The van der Waals surface area contributed by atoms with E-state index in [9.17, 15) is 14.4 Å². The Hall–Kier alpha value is -4.37. The molecular weight excluding hydrogens is 496 g/mol. The van der Waals surface area contributed by atoms with Gasteiger partial charge in [0.05, 0.1) is 24.1 Å². The summed E-state index contributed by atoms with van der Waals surface area (Å²) in [5.41, 5.74) is 3.30. The first-order valence-electron chi connectivity index (χ1n) is 13.1. The highest BCUT2D eigenvalue weighted by Crippen LogP contribution is 2.32. The van der Waals surface area contributed by atoms with Gasteiger partial charge < -0.3 is 30.3 Å². The van der Waals surface area contributed by atoms with E-state index < -0.39 is 6.03 Å². The maximum absolute atomic E-state index is 13.5. The number of anilines is 3. The Morgan fingerprint density at radius 3 is 2.46 bits per heavy atom. The first kappa shape index (κ1) is 26.2. The average Bonchev–Trinajstić information content (AvgIpc) is 2.93. The van der Waals surface area contributed by atoms with Gasteiger partial charge in [0.1, 0.15) is 18.5 Å². The summed E-state index contributed by atoms with van der Waals surface area (Å²) in [6.45, 7) is 2.19. The molecule has 4 amide bonds. The molecule has 2 heterocycles. The molecule has 0 aliphatic carbocycles. The van der Waals surface area contributed by atoms with Gasteiger partial charge in [0, 0.05) is 24.1 Å². The molecule has 1 saturated heterocycles. The Morgan fingerprint density at radius 2 is 1.67 bits per heavy atom. The predicted octanol–water partition coefficient (Wildman–Crippen LogP) is 5.05. The zero-order chi connectivity index (χ0) is 27.4. The van der Waals surface area contributed by atoms with Crippen molar-refractivity contribution in [2.75, 3.05) is 29.6 Å². The molecule has 0 spiro atoms. The number of para-hydroxylation sites is 2. The van der Waals surface area contributed by atoms with Gasteiger partial charge in [-0.15, -0.1) is 0 Å². The second kappa shape index (κ2) is 11.6. The van der Waals surface area contributed by atoms with Gasteiger partial charge in [0.2, 0.25) is 5.91 Å². The van der Waals surface area contributed by atoms with Crippen LogP contribution < -0.4 is 20.7 Å². The smallest absolute Gasteiger partial charge is 0.323 e. The van der Waals surface area contributed by atoms with Crippen molar-refractivity contribution < 1.29 is 23.9 Å². The monoisotopic (exact) mass is 528 g/mol. The van der Waals surface area contributed by atoms with Crippen LogP contribution in [0.4, 0.5) is 21.9 Å². The summed E-state index contributed by atoms with van der Waals surface area (Å²) in [5, 5.41) is 8.50. The number of benzene rings is 3. The minimum atomic E-state index is -0.410. The van der Waals surface area contributed by atoms with Gasteiger partial charge in [-0.1, -0.05) is 36.4 Å². The molecular formula is C30H32N4O5. The van der Waals surface area contributed by atoms with Crippen LogP contribution in [-0.4, -0.2) is 54.6 Å². The number of ether oxygens (including phenoxy) is 2. The molecule has 9 nitrogen and oxygen atoms in total. The Kier molecular flexibility index (Phi) is 7.79. The normalized spacial score (nSPS) is 20.4. The number of amides is 4. The summed E-state index contributed by atoms with van der Waals surface area (Å²) in [4.78, 5) is 40.3. The predicted molar refractivity (Wildman–Crippen MR) is 149 cm³/mol. The standard InChI is InChI=1S/C30H32N4O5/c1-19-8-6-7-11-24(19)33-28(35)17-22-13-14-25-27(39-22)18-38-26-15-12-21(16-23(26)29(36)34(25)2)32-30(37)31-20-9-4-3-5-10-20/h3-12,15-16,22,25,27H,13-14,17-18H2,1-2H3,(H,33,35)(H2,31,32,37)/t22-,25+,27-/m1/s1. The van der Waals surface area contributed by atoms with E-state index in [1.165, 1.54) is 0 Å². The van der Waals surface area contributed by atoms with E-state index in [4.69, 9.17) is 9.47 Å². The van der Waals surface area contributed by atoms with Crippen LogP contribution in [-0.2, 0) is 9.53 Å². The van der Waals surface area contributed by atoms with Crippen molar-refractivity contribution in [3.05, 3.63) is 83.9 Å². The van der Waals surface area contributed by atoms with Crippen molar-refractivity contribution in [3.63, 3.8) is 0 Å². The lowest BCUT2D eigenvalue weighted by molar-refractivity contribution is -0.130. The molecule has 0 unspecified atom stereocenters. The molecule has 3 atom stereocenters. The Bertz CT molecular complexity index is 1360. The summed E-state index contributed by atoms with van der Waals surface area (Å²) in [7, 11) is 1.76. The van der Waals surface area contributed by atoms with Crippen molar-refractivity contribution in [1.82, 2.24) is 4.90 Å². The van der Waals surface area contributed by atoms with Gasteiger partial charge >= 0.3 is 6.03 Å². The van der Waals surface area contributed by atoms with Crippen molar-refractivity contribution in [2.45, 2.75) is 44.4 Å². The molecule has 3 aromatic rings. The van der Waals surface area contributed by atoms with Crippen LogP contribution >= 0.6 is 0 Å². The minimum absolute atomic E-state index is 0.106. The highest BCUT2D eigenvalue weighted by atomic mass is 16.5. The first-order valence-corrected chi connectivity index (χ1v) is 13.1. The maximum atomic E-state index is 13.5. The molecule has 0 radical (unpaired) electrons. The minimum Gasteiger partial charge on any atom is -0.490 e. The SMILES string of the molecule is Cc1ccccc1NC(=O)C[C@H]1CC[C@H]2[C@@H](COc3ccc(NC(=O)Nc4ccccc4)cc3C(=O)N2C)O1. The number of carbonyl (C=O) groups is 3. The van der Waals surface area contributed by atoms with E-state index in [0.717, 1.165) is 11.3 Å². The molecule has 2 aliphatic rings. The number of nitrogens with zero attached hydrogens (tertiary/aromatic N) is 1. The second-order valence-corrected chi connectivity index (χ2v) is 9.89. The number of fused-ring (bicyclic) bond motifs is 2. The van der Waals surface area contributed by atoms with Crippen LogP contribution in [0.3, 0.4) is 0 Å². The molecule has 1 fully saturated rings. The molecule has 0 saturated carbocycles. The van der Waals surface area contributed by atoms with Crippen LogP contribution in [0.5, 0.6) is 5.75 Å². The van der Waals surface area contributed by atoms with Crippen LogP contribution in [0.25, 0.3) is 0 Å². The zero-order valence-corrected chi connectivity index (χ0v) is 22.0. The van der Waals surface area contributed by atoms with E-state index in [1.54, 1.807) is 42.3 Å². The third-order valence-corrected chi connectivity index (χ3v) is 7.13. The molecule has 0 bridgehead atoms. The molecule has 3 aromatic carbocycles. The van der Waals surface area contributed by atoms with Crippen molar-refractivity contribution in [1.29, 1.82) is 0 Å². The number of aryl methyl sites for hydroxylation is 1. The lowest BCUT2D eigenvalue weighted by atomic mass is 9.94. The molecule has 2 aliphatic heterocycles. The van der Waals surface area contributed by atoms with Gasteiger partial charge in [-0.3, -0.25) is 9.59 Å². The Labute approximate surface area is 227 Å². The zero-order valence-electron chi connectivity index (χ0n) is 22.0. The van der Waals surface area contributed by atoms with E-state index in [2.05, 4.69) is 16.0 Å². The topological polar surface area (TPSA) is 109 Å². The highest BCUT2D eigenvalue weighted by Gasteiger charge is 2.39. The second-order valence-electron chi connectivity index (χ2n) is 9.89. The van der Waals surface area contributed by atoms with Crippen molar-refractivity contribution >= 4 is 34.9 Å². The van der Waals surface area contributed by atoms with Gasteiger partial charge in [0.15, 0.2) is 0 Å². The molecule has 9 heteroatoms. The Morgan fingerprint density at radius 1 is 0.923 bits per heavy atom. The van der Waals surface area contributed by atoms with Crippen LogP contribution in [0, 0.1) is 6.92 Å². The van der Waals surface area contributed by atoms with Gasteiger partial charge in [0.25, 0.3) is 5.91 Å². The summed E-state index contributed by atoms with van der Waals surface area (Å²) >= 11 is 0. The van der Waals surface area contributed by atoms with E-state index in [0.29, 0.717) is 35.5 Å². The fraction of sp³-hybridized carbons (Fsp3) is 0.300. The van der Waals surface area contributed by atoms with Gasteiger partial charge in [-0.25, -0.2) is 4.79 Å². The molecule has 39 heavy (non-hydrogen) atoms. The number of hydrogen-bond acceptors (Lipinski definition) is 5. The number of hydrogen-bond donors (Lipinski definition) is 3. The summed E-state index contributed by atoms with van der Waals surface area (Å²) < 4.78 is 12.3. The number of rotatable bonds is 5. The number of nitrogens with one attached hydrogen (secondary N) is 3. The first-order chi connectivity index (χ1) is 18.9. The van der Waals surface area contributed by atoms with Gasteiger partial charge in [-0.2, -0.15) is 0 Å². The number of carbonyl (C=O) groups excluding carboxylic acids is 3.